The molecule has 0 atom stereocenters. The number of thiophene rings is 1. The van der Waals surface area contributed by atoms with Gasteiger partial charge in [0.1, 0.15) is 11.6 Å². The van der Waals surface area contributed by atoms with Gasteiger partial charge in [0.15, 0.2) is 5.16 Å². The van der Waals surface area contributed by atoms with Crippen molar-refractivity contribution in [2.24, 2.45) is 0 Å². The summed E-state index contributed by atoms with van der Waals surface area (Å²) in [5.41, 5.74) is 0. The molecular formula is C21H25N5O2S2. The van der Waals surface area contributed by atoms with Gasteiger partial charge in [0.05, 0.1) is 18.6 Å². The number of aromatic nitrogens is 3. The van der Waals surface area contributed by atoms with E-state index in [1.165, 1.54) is 16.6 Å². The zero-order valence-corrected chi connectivity index (χ0v) is 18.4. The van der Waals surface area contributed by atoms with Crippen LogP contribution in [0.15, 0.2) is 45.5 Å². The zero-order chi connectivity index (χ0) is 20.3. The van der Waals surface area contributed by atoms with E-state index in [2.05, 4.69) is 37.2 Å². The maximum Gasteiger partial charge on any atom is 0.233 e. The van der Waals surface area contributed by atoms with Gasteiger partial charge in [0.25, 0.3) is 0 Å². The Morgan fingerprint density at radius 1 is 1.13 bits per heavy atom. The highest BCUT2D eigenvalue weighted by Crippen LogP contribution is 2.40. The Kier molecular flexibility index (Phi) is 5.92. The van der Waals surface area contributed by atoms with Crippen molar-refractivity contribution in [2.75, 3.05) is 31.9 Å². The van der Waals surface area contributed by atoms with E-state index in [4.69, 9.17) is 4.42 Å². The molecule has 1 aliphatic heterocycles. The molecule has 0 aromatic carbocycles. The molecule has 3 aromatic rings. The molecule has 4 heterocycles. The van der Waals surface area contributed by atoms with Gasteiger partial charge in [0.2, 0.25) is 5.91 Å². The molecule has 9 heteroatoms. The average molecular weight is 444 g/mol. The van der Waals surface area contributed by atoms with E-state index in [9.17, 15) is 4.79 Å². The molecule has 5 rings (SSSR count). The lowest BCUT2D eigenvalue weighted by Crippen LogP contribution is -2.48. The van der Waals surface area contributed by atoms with Crippen molar-refractivity contribution in [2.45, 2.75) is 37.0 Å². The highest BCUT2D eigenvalue weighted by Gasteiger charge is 2.31. The molecule has 1 saturated carbocycles. The van der Waals surface area contributed by atoms with E-state index in [1.54, 1.807) is 17.6 Å². The molecular weight excluding hydrogens is 418 g/mol. The fourth-order valence-electron chi connectivity index (χ4n) is 3.75. The van der Waals surface area contributed by atoms with Gasteiger partial charge in [-0.2, -0.15) is 0 Å². The number of piperazine rings is 1. The highest BCUT2D eigenvalue weighted by atomic mass is 32.2. The number of amides is 1. The van der Waals surface area contributed by atoms with Crippen molar-refractivity contribution in [1.82, 2.24) is 24.6 Å². The molecule has 1 amide bonds. The summed E-state index contributed by atoms with van der Waals surface area (Å²) in [6.45, 7) is 5.02. The molecule has 3 aromatic heterocycles. The molecule has 1 saturated heterocycles. The monoisotopic (exact) mass is 443 g/mol. The van der Waals surface area contributed by atoms with E-state index in [0.29, 0.717) is 18.2 Å². The fraction of sp³-hybridized carbons (Fsp3) is 0.476. The molecule has 0 radical (unpaired) electrons. The predicted octanol–water partition coefficient (Wildman–Crippen LogP) is 3.29. The van der Waals surface area contributed by atoms with Gasteiger partial charge in [0, 0.05) is 43.5 Å². The van der Waals surface area contributed by atoms with Gasteiger partial charge >= 0.3 is 0 Å². The molecule has 0 spiro atoms. The summed E-state index contributed by atoms with van der Waals surface area (Å²) in [5.74, 6) is 2.96. The van der Waals surface area contributed by atoms with Crippen LogP contribution in [-0.2, 0) is 17.9 Å². The number of carbonyl (C=O) groups is 1. The van der Waals surface area contributed by atoms with Crippen molar-refractivity contribution in [3.8, 4) is 0 Å². The van der Waals surface area contributed by atoms with Crippen LogP contribution in [0.3, 0.4) is 0 Å². The summed E-state index contributed by atoms with van der Waals surface area (Å²) in [5, 5.41) is 11.7. The third-order valence-corrected chi connectivity index (χ3v) is 7.40. The quantitative estimate of drug-likeness (QED) is 0.498. The van der Waals surface area contributed by atoms with Gasteiger partial charge in [-0.15, -0.1) is 21.5 Å². The Morgan fingerprint density at radius 3 is 2.70 bits per heavy atom. The minimum Gasteiger partial charge on any atom is -0.467 e. The van der Waals surface area contributed by atoms with E-state index >= 15 is 0 Å². The molecule has 0 N–H and O–H groups in total. The van der Waals surface area contributed by atoms with Crippen LogP contribution in [0.2, 0.25) is 0 Å². The summed E-state index contributed by atoms with van der Waals surface area (Å²) in [6.07, 6.45) is 4.01. The molecule has 2 aliphatic rings. The topological polar surface area (TPSA) is 67.4 Å². The molecule has 1 aliphatic carbocycles. The second kappa shape index (κ2) is 8.95. The predicted molar refractivity (Wildman–Crippen MR) is 117 cm³/mol. The lowest BCUT2D eigenvalue weighted by molar-refractivity contribution is -0.130. The van der Waals surface area contributed by atoms with Crippen LogP contribution >= 0.6 is 23.1 Å². The first-order chi connectivity index (χ1) is 14.8. The molecule has 0 unspecified atom stereocenters. The Labute approximate surface area is 184 Å². The first kappa shape index (κ1) is 19.8. The van der Waals surface area contributed by atoms with Crippen LogP contribution in [0.5, 0.6) is 0 Å². The second-order valence-corrected chi connectivity index (χ2v) is 9.78. The lowest BCUT2D eigenvalue weighted by Gasteiger charge is -2.34. The second-order valence-electron chi connectivity index (χ2n) is 7.81. The number of hydrogen-bond donors (Lipinski definition) is 0. The number of furan rings is 1. The van der Waals surface area contributed by atoms with Crippen molar-refractivity contribution in [1.29, 1.82) is 0 Å². The number of rotatable bonds is 8. The fourth-order valence-corrected chi connectivity index (χ4v) is 5.35. The normalized spacial score (nSPS) is 17.5. The average Bonchev–Trinajstić information content (AvgIpc) is 3.13. The van der Waals surface area contributed by atoms with Crippen molar-refractivity contribution in [3.63, 3.8) is 0 Å². The van der Waals surface area contributed by atoms with Crippen LogP contribution in [0.25, 0.3) is 0 Å². The first-order valence-electron chi connectivity index (χ1n) is 10.4. The summed E-state index contributed by atoms with van der Waals surface area (Å²) in [4.78, 5) is 18.6. The molecule has 7 nitrogen and oxygen atoms in total. The van der Waals surface area contributed by atoms with Crippen LogP contribution < -0.4 is 0 Å². The Hall–Kier alpha value is -2.10. The van der Waals surface area contributed by atoms with Crippen molar-refractivity contribution < 1.29 is 9.21 Å². The Bertz CT molecular complexity index is 958. The third kappa shape index (κ3) is 4.63. The van der Waals surface area contributed by atoms with Crippen molar-refractivity contribution in [3.05, 3.63) is 52.4 Å². The maximum absolute atomic E-state index is 12.8. The molecule has 0 bridgehead atoms. The maximum atomic E-state index is 12.8. The van der Waals surface area contributed by atoms with E-state index in [1.807, 2.05) is 17.0 Å². The first-order valence-corrected chi connectivity index (χ1v) is 12.2. The number of hydrogen-bond acceptors (Lipinski definition) is 7. The molecule has 2 fully saturated rings. The highest BCUT2D eigenvalue weighted by molar-refractivity contribution is 7.99. The van der Waals surface area contributed by atoms with Crippen LogP contribution in [0.1, 0.15) is 35.2 Å². The lowest BCUT2D eigenvalue weighted by atomic mass is 10.3. The van der Waals surface area contributed by atoms with Gasteiger partial charge < -0.3 is 9.32 Å². The smallest absolute Gasteiger partial charge is 0.233 e. The van der Waals surface area contributed by atoms with Crippen LogP contribution in [-0.4, -0.2) is 62.4 Å². The van der Waals surface area contributed by atoms with Crippen molar-refractivity contribution >= 4 is 29.0 Å². The standard InChI is InChI=1S/C21H25N5O2S2/c27-19(25-9-7-24(8-10-25)14-18-4-2-12-29-18)15-30-21-23-22-20(16-5-6-16)26(21)13-17-3-1-11-28-17/h1-4,11-12,16H,5-10,13-15H2. The van der Waals surface area contributed by atoms with Gasteiger partial charge in [-0.25, -0.2) is 0 Å². The van der Waals surface area contributed by atoms with Gasteiger partial charge in [-0.05, 0) is 36.4 Å². The molecule has 158 valence electrons. The largest absolute Gasteiger partial charge is 0.467 e. The summed E-state index contributed by atoms with van der Waals surface area (Å²) < 4.78 is 7.64. The Morgan fingerprint density at radius 2 is 2.00 bits per heavy atom. The number of carbonyl (C=O) groups excluding carboxylic acids is 1. The minimum atomic E-state index is 0.177. The van der Waals surface area contributed by atoms with Crippen LogP contribution in [0, 0.1) is 0 Å². The van der Waals surface area contributed by atoms with Gasteiger partial charge in [-0.1, -0.05) is 17.8 Å². The SMILES string of the molecule is O=C(CSc1nnc(C2CC2)n1Cc1ccco1)N1CCN(Cc2cccs2)CC1. The summed E-state index contributed by atoms with van der Waals surface area (Å²) in [7, 11) is 0. The van der Waals surface area contributed by atoms with Gasteiger partial charge in [-0.3, -0.25) is 14.3 Å². The molecule has 30 heavy (non-hydrogen) atoms. The van der Waals surface area contributed by atoms with E-state index in [-0.39, 0.29) is 5.91 Å². The van der Waals surface area contributed by atoms with E-state index in [0.717, 1.165) is 62.3 Å². The summed E-state index contributed by atoms with van der Waals surface area (Å²) in [6, 6.07) is 8.13. The van der Waals surface area contributed by atoms with E-state index < -0.39 is 0 Å². The minimum absolute atomic E-state index is 0.177. The van der Waals surface area contributed by atoms with Crippen LogP contribution in [0.4, 0.5) is 0 Å². The Balaban J connectivity index is 1.16. The summed E-state index contributed by atoms with van der Waals surface area (Å²) >= 11 is 3.28. The number of nitrogens with zero attached hydrogens (tertiary/aromatic N) is 5. The zero-order valence-electron chi connectivity index (χ0n) is 16.8. The third-order valence-electron chi connectivity index (χ3n) is 5.59. The number of thioether (sulfide) groups is 1.